The van der Waals surface area contributed by atoms with Gasteiger partial charge in [-0.3, -0.25) is 9.59 Å². The van der Waals surface area contributed by atoms with Crippen LogP contribution in [0.3, 0.4) is 0 Å². The molecule has 2 rings (SSSR count). The van der Waals surface area contributed by atoms with Crippen LogP contribution >= 0.6 is 15.9 Å². The molecule has 1 aromatic heterocycles. The second-order valence-corrected chi connectivity index (χ2v) is 6.63. The molecule has 1 aromatic carbocycles. The molecule has 0 aliphatic rings. The van der Waals surface area contributed by atoms with Gasteiger partial charge < -0.3 is 14.6 Å². The van der Waals surface area contributed by atoms with Crippen LogP contribution in [0.4, 0.5) is 13.2 Å². The number of carboxylic acids is 2. The van der Waals surface area contributed by atoms with Crippen molar-refractivity contribution in [1.82, 2.24) is 4.98 Å². The van der Waals surface area contributed by atoms with Crippen molar-refractivity contribution < 1.29 is 37.4 Å². The Kier molecular flexibility index (Phi) is 6.63. The van der Waals surface area contributed by atoms with Crippen LogP contribution in [-0.2, 0) is 22.2 Å². The van der Waals surface area contributed by atoms with Gasteiger partial charge in [0.1, 0.15) is 5.69 Å². The maximum Gasteiger partial charge on any atom is 0.416 e. The van der Waals surface area contributed by atoms with Gasteiger partial charge in [0, 0.05) is 24.8 Å². The van der Waals surface area contributed by atoms with Gasteiger partial charge in [-0.05, 0) is 40.4 Å². The number of aliphatic carboxylic acids is 2. The molecule has 2 aromatic rings. The molecule has 27 heavy (non-hydrogen) atoms. The molecule has 6 nitrogen and oxygen atoms in total. The van der Waals surface area contributed by atoms with Crippen LogP contribution in [0.5, 0.6) is 0 Å². The van der Waals surface area contributed by atoms with E-state index in [0.29, 0.717) is 5.56 Å². The molecule has 0 amide bonds. The summed E-state index contributed by atoms with van der Waals surface area (Å²) in [6.45, 7) is 0. The normalized spacial score (nSPS) is 12.7. The lowest BCUT2D eigenvalue weighted by Gasteiger charge is -2.10. The highest BCUT2D eigenvalue weighted by atomic mass is 79.9. The van der Waals surface area contributed by atoms with Crippen molar-refractivity contribution in [2.45, 2.75) is 31.9 Å². The summed E-state index contributed by atoms with van der Waals surface area (Å²) in [6, 6.07) is 4.37. The van der Waals surface area contributed by atoms with Crippen molar-refractivity contribution in [3.05, 3.63) is 40.4 Å². The number of alkyl halides is 3. The number of halogens is 4. The quantitative estimate of drug-likeness (QED) is 0.609. The van der Waals surface area contributed by atoms with Gasteiger partial charge in [0.05, 0.1) is 5.56 Å². The Morgan fingerprint density at radius 1 is 1.15 bits per heavy atom. The molecule has 0 saturated carbocycles. The average molecular weight is 450 g/mol. The fraction of sp³-hybridized carbons (Fsp3) is 0.353. The largest absolute Gasteiger partial charge is 0.481 e. The van der Waals surface area contributed by atoms with E-state index < -0.39 is 29.6 Å². The number of hydrogen-bond donors (Lipinski definition) is 2. The van der Waals surface area contributed by atoms with E-state index in [-0.39, 0.29) is 41.9 Å². The first-order valence-electron chi connectivity index (χ1n) is 7.82. The van der Waals surface area contributed by atoms with Crippen LogP contribution in [0.2, 0.25) is 0 Å². The van der Waals surface area contributed by atoms with E-state index in [1.807, 2.05) is 0 Å². The molecule has 1 heterocycles. The second-order valence-electron chi connectivity index (χ2n) is 5.91. The van der Waals surface area contributed by atoms with Crippen LogP contribution < -0.4 is 0 Å². The third-order valence-electron chi connectivity index (χ3n) is 3.81. The molecule has 2 N–H and O–H groups in total. The fourth-order valence-electron chi connectivity index (χ4n) is 2.52. The molecule has 10 heteroatoms. The first-order valence-corrected chi connectivity index (χ1v) is 8.62. The summed E-state index contributed by atoms with van der Waals surface area (Å²) in [5.41, 5.74) is -0.113. The zero-order valence-corrected chi connectivity index (χ0v) is 15.4. The van der Waals surface area contributed by atoms with E-state index in [0.717, 1.165) is 12.1 Å². The lowest BCUT2D eigenvalue weighted by atomic mass is 9.96. The third-order valence-corrected chi connectivity index (χ3v) is 4.35. The summed E-state index contributed by atoms with van der Waals surface area (Å²) < 4.78 is 43.6. The first kappa shape index (κ1) is 20.9. The number of hydrogen-bond acceptors (Lipinski definition) is 4. The lowest BCUT2D eigenvalue weighted by molar-refractivity contribution is -0.140. The Balaban J connectivity index is 2.18. The summed E-state index contributed by atoms with van der Waals surface area (Å²) in [7, 11) is 0. The number of aromatic nitrogens is 1. The fourth-order valence-corrected chi connectivity index (χ4v) is 3.03. The summed E-state index contributed by atoms with van der Waals surface area (Å²) in [4.78, 5) is 25.9. The van der Waals surface area contributed by atoms with E-state index in [1.165, 1.54) is 12.1 Å². The minimum Gasteiger partial charge on any atom is -0.481 e. The summed E-state index contributed by atoms with van der Waals surface area (Å²) in [6.07, 6.45) is -4.65. The van der Waals surface area contributed by atoms with Crippen LogP contribution in [0.15, 0.2) is 33.4 Å². The topological polar surface area (TPSA) is 101 Å². The number of rotatable bonds is 8. The Morgan fingerprint density at radius 2 is 1.78 bits per heavy atom. The van der Waals surface area contributed by atoms with E-state index in [9.17, 15) is 22.8 Å². The number of nitrogens with zero attached hydrogens (tertiary/aromatic N) is 1. The van der Waals surface area contributed by atoms with Gasteiger partial charge in [-0.15, -0.1) is 0 Å². The molecule has 0 saturated heterocycles. The van der Waals surface area contributed by atoms with Crippen LogP contribution in [0.1, 0.15) is 30.7 Å². The number of carboxylic acid groups (broad SMARTS) is 2. The molecule has 1 atom stereocenters. The van der Waals surface area contributed by atoms with Crippen molar-refractivity contribution in [3.8, 4) is 11.3 Å². The van der Waals surface area contributed by atoms with Crippen LogP contribution in [-0.4, -0.2) is 27.1 Å². The summed E-state index contributed by atoms with van der Waals surface area (Å²) >= 11 is 3.15. The van der Waals surface area contributed by atoms with Gasteiger partial charge in [0.2, 0.25) is 0 Å². The van der Waals surface area contributed by atoms with Crippen LogP contribution in [0, 0.1) is 5.92 Å². The van der Waals surface area contributed by atoms with Gasteiger partial charge in [-0.1, -0.05) is 12.1 Å². The first-order chi connectivity index (χ1) is 12.6. The van der Waals surface area contributed by atoms with Crippen molar-refractivity contribution in [1.29, 1.82) is 0 Å². The Bertz CT molecular complexity index is 817. The van der Waals surface area contributed by atoms with Crippen LogP contribution in [0.25, 0.3) is 11.3 Å². The molecule has 146 valence electrons. The molecule has 1 unspecified atom stereocenters. The van der Waals surface area contributed by atoms with Gasteiger partial charge >= 0.3 is 18.1 Å². The number of oxazole rings is 1. The molecular formula is C17H15BrF3NO5. The van der Waals surface area contributed by atoms with E-state index in [1.54, 1.807) is 0 Å². The molecule has 0 aliphatic heterocycles. The average Bonchev–Trinajstić information content (AvgIpc) is 2.92. The lowest BCUT2D eigenvalue weighted by Crippen LogP contribution is -2.13. The SMILES string of the molecule is O=C(O)CCC(CC(=O)O)Cc1nc(-c2ccc(C(F)(F)F)cc2)c(Br)o1. The van der Waals surface area contributed by atoms with Crippen molar-refractivity contribution in [2.75, 3.05) is 0 Å². The minimum atomic E-state index is -4.45. The zero-order chi connectivity index (χ0) is 20.2. The Hall–Kier alpha value is -2.36. The Morgan fingerprint density at radius 3 is 2.30 bits per heavy atom. The second kappa shape index (κ2) is 8.55. The van der Waals surface area contributed by atoms with E-state index in [2.05, 4.69) is 20.9 Å². The maximum absolute atomic E-state index is 12.6. The van der Waals surface area contributed by atoms with Gasteiger partial charge in [-0.25, -0.2) is 4.98 Å². The highest BCUT2D eigenvalue weighted by Crippen LogP contribution is 2.34. The monoisotopic (exact) mass is 449 g/mol. The zero-order valence-electron chi connectivity index (χ0n) is 13.8. The van der Waals surface area contributed by atoms with Gasteiger partial charge in [0.25, 0.3) is 0 Å². The van der Waals surface area contributed by atoms with E-state index in [4.69, 9.17) is 14.6 Å². The molecule has 0 fully saturated rings. The Labute approximate surface area is 160 Å². The molecule has 0 radical (unpaired) electrons. The minimum absolute atomic E-state index is 0.0960. The van der Waals surface area contributed by atoms with Gasteiger partial charge in [-0.2, -0.15) is 13.2 Å². The van der Waals surface area contributed by atoms with E-state index >= 15 is 0 Å². The predicted molar refractivity (Wildman–Crippen MR) is 91.0 cm³/mol. The maximum atomic E-state index is 12.6. The summed E-state index contributed by atoms with van der Waals surface area (Å²) in [5, 5.41) is 17.7. The molecular weight excluding hydrogens is 435 g/mol. The molecule has 0 bridgehead atoms. The number of carbonyl (C=O) groups is 2. The standard InChI is InChI=1S/C17H15BrF3NO5/c18-16-15(10-2-4-11(5-3-10)17(19,20)21)22-12(27-16)7-9(8-14(25)26)1-6-13(23)24/h2-5,9H,1,6-8H2,(H,23,24)(H,25,26). The molecule has 0 spiro atoms. The van der Waals surface area contributed by atoms with Gasteiger partial charge in [0.15, 0.2) is 10.6 Å². The van der Waals surface area contributed by atoms with Crippen molar-refractivity contribution >= 4 is 27.9 Å². The molecule has 0 aliphatic carbocycles. The highest BCUT2D eigenvalue weighted by molar-refractivity contribution is 9.10. The van der Waals surface area contributed by atoms with Crippen molar-refractivity contribution in [2.24, 2.45) is 5.92 Å². The smallest absolute Gasteiger partial charge is 0.416 e. The van der Waals surface area contributed by atoms with Crippen molar-refractivity contribution in [3.63, 3.8) is 0 Å². The number of benzene rings is 1. The highest BCUT2D eigenvalue weighted by Gasteiger charge is 2.30. The predicted octanol–water partition coefficient (Wildman–Crippen LogP) is 4.62. The third kappa shape index (κ3) is 6.09. The summed E-state index contributed by atoms with van der Waals surface area (Å²) in [5.74, 6) is -2.43.